The molecule has 0 fully saturated rings. The van der Waals surface area contributed by atoms with E-state index < -0.39 is 6.03 Å². The summed E-state index contributed by atoms with van der Waals surface area (Å²) >= 11 is 2.91. The van der Waals surface area contributed by atoms with Gasteiger partial charge in [-0.3, -0.25) is 5.32 Å². The molecule has 3 aromatic heterocycles. The molecule has 2 N–H and O–H groups in total. The number of anilines is 2. The second-order valence-electron chi connectivity index (χ2n) is 4.42. The van der Waals surface area contributed by atoms with Gasteiger partial charge in [-0.15, -0.1) is 10.2 Å². The first-order valence-electron chi connectivity index (χ1n) is 6.56. The van der Waals surface area contributed by atoms with Gasteiger partial charge < -0.3 is 9.84 Å². The van der Waals surface area contributed by atoms with E-state index in [1.54, 1.807) is 18.3 Å². The van der Waals surface area contributed by atoms with E-state index in [4.69, 9.17) is 4.52 Å². The Labute approximate surface area is 134 Å². The summed E-state index contributed by atoms with van der Waals surface area (Å²) in [5.74, 6) is 0.572. The van der Waals surface area contributed by atoms with E-state index in [9.17, 15) is 4.79 Å². The molecule has 0 unspecified atom stereocenters. The summed E-state index contributed by atoms with van der Waals surface area (Å²) in [5, 5.41) is 22.5. The summed E-state index contributed by atoms with van der Waals surface area (Å²) in [7, 11) is 0. The first-order valence-corrected chi connectivity index (χ1v) is 8.32. The van der Waals surface area contributed by atoms with Crippen LogP contribution in [0.4, 0.5) is 15.6 Å². The van der Waals surface area contributed by atoms with Crippen LogP contribution >= 0.6 is 22.7 Å². The van der Waals surface area contributed by atoms with Crippen molar-refractivity contribution in [2.45, 2.75) is 20.3 Å². The standard InChI is InChI=1S/C13H13N5O2S2/c1-3-9-10(7(2)20-18-9)14-12(19)15-13-17-16-11(22-13)8-4-5-21-6-8/h4-6H,3H2,1-2H3,(H2,14,15,17,19). The van der Waals surface area contributed by atoms with E-state index in [1.165, 1.54) is 11.3 Å². The van der Waals surface area contributed by atoms with Gasteiger partial charge in [-0.2, -0.15) is 11.3 Å². The lowest BCUT2D eigenvalue weighted by Gasteiger charge is -2.04. The van der Waals surface area contributed by atoms with Crippen LogP contribution < -0.4 is 10.6 Å². The minimum atomic E-state index is -0.394. The Kier molecular flexibility index (Phi) is 4.16. The number of rotatable bonds is 4. The van der Waals surface area contributed by atoms with Crippen molar-refractivity contribution in [3.8, 4) is 10.6 Å². The highest BCUT2D eigenvalue weighted by molar-refractivity contribution is 7.19. The summed E-state index contributed by atoms with van der Waals surface area (Å²) in [6.07, 6.45) is 0.675. The molecule has 0 bridgehead atoms. The van der Waals surface area contributed by atoms with Crippen molar-refractivity contribution in [3.05, 3.63) is 28.3 Å². The number of amides is 2. The molecule has 0 atom stereocenters. The summed E-state index contributed by atoms with van der Waals surface area (Å²) < 4.78 is 5.07. The SMILES string of the molecule is CCc1noc(C)c1NC(=O)Nc1nnc(-c2ccsc2)s1. The third kappa shape index (κ3) is 3.00. The second-order valence-corrected chi connectivity index (χ2v) is 6.18. The topological polar surface area (TPSA) is 92.9 Å². The number of nitrogens with zero attached hydrogens (tertiary/aromatic N) is 3. The molecule has 0 aliphatic rings. The molecule has 2 amide bonds. The lowest BCUT2D eigenvalue weighted by molar-refractivity contribution is 0.262. The van der Waals surface area contributed by atoms with Crippen LogP contribution in [0.15, 0.2) is 21.3 Å². The van der Waals surface area contributed by atoms with Crippen molar-refractivity contribution in [1.82, 2.24) is 15.4 Å². The van der Waals surface area contributed by atoms with Gasteiger partial charge in [0.05, 0.1) is 0 Å². The number of thiophene rings is 1. The van der Waals surface area contributed by atoms with Crippen LogP contribution in [-0.2, 0) is 6.42 Å². The number of nitrogens with one attached hydrogen (secondary N) is 2. The monoisotopic (exact) mass is 335 g/mol. The molecule has 0 spiro atoms. The van der Waals surface area contributed by atoms with Crippen LogP contribution in [-0.4, -0.2) is 21.4 Å². The van der Waals surface area contributed by atoms with Crippen LogP contribution in [0, 0.1) is 6.92 Å². The molecule has 0 saturated heterocycles. The van der Waals surface area contributed by atoms with Gasteiger partial charge in [-0.25, -0.2) is 4.79 Å². The molecule has 0 aliphatic heterocycles. The van der Waals surface area contributed by atoms with Gasteiger partial charge in [0.2, 0.25) is 5.13 Å². The summed E-state index contributed by atoms with van der Waals surface area (Å²) in [5.41, 5.74) is 2.31. The fourth-order valence-corrected chi connectivity index (χ4v) is 3.29. The molecule has 3 rings (SSSR count). The molecule has 0 saturated carbocycles. The van der Waals surface area contributed by atoms with Gasteiger partial charge in [0.25, 0.3) is 0 Å². The molecule has 3 heterocycles. The van der Waals surface area contributed by atoms with E-state index in [-0.39, 0.29) is 0 Å². The molecule has 9 heteroatoms. The number of carbonyl (C=O) groups is 1. The number of aromatic nitrogens is 3. The van der Waals surface area contributed by atoms with Crippen molar-refractivity contribution < 1.29 is 9.32 Å². The van der Waals surface area contributed by atoms with E-state index in [1.807, 2.05) is 23.8 Å². The number of urea groups is 1. The zero-order valence-corrected chi connectivity index (χ0v) is 13.5. The number of hydrogen-bond acceptors (Lipinski definition) is 7. The molecule has 114 valence electrons. The molecule has 3 aromatic rings. The van der Waals surface area contributed by atoms with Crippen LogP contribution in [0.5, 0.6) is 0 Å². The maximum Gasteiger partial charge on any atom is 0.325 e. The average molecular weight is 335 g/mol. The number of carbonyl (C=O) groups excluding carboxylic acids is 1. The highest BCUT2D eigenvalue weighted by Gasteiger charge is 2.15. The summed E-state index contributed by atoms with van der Waals surface area (Å²) in [6.45, 7) is 3.69. The van der Waals surface area contributed by atoms with Gasteiger partial charge in [0.1, 0.15) is 16.4 Å². The zero-order chi connectivity index (χ0) is 15.5. The van der Waals surface area contributed by atoms with Crippen LogP contribution in [0.3, 0.4) is 0 Å². The molecule has 0 aromatic carbocycles. The van der Waals surface area contributed by atoms with Gasteiger partial charge in [0.15, 0.2) is 5.76 Å². The van der Waals surface area contributed by atoms with Crippen LogP contribution in [0.1, 0.15) is 18.4 Å². The Morgan fingerprint density at radius 1 is 1.36 bits per heavy atom. The summed E-state index contributed by atoms with van der Waals surface area (Å²) in [4.78, 5) is 12.0. The lowest BCUT2D eigenvalue weighted by atomic mass is 10.2. The van der Waals surface area contributed by atoms with E-state index in [2.05, 4.69) is 26.0 Å². The van der Waals surface area contributed by atoms with Gasteiger partial charge in [-0.05, 0) is 24.8 Å². The van der Waals surface area contributed by atoms with E-state index in [0.717, 1.165) is 10.6 Å². The van der Waals surface area contributed by atoms with Crippen LogP contribution in [0.25, 0.3) is 10.6 Å². The number of hydrogen-bond donors (Lipinski definition) is 2. The maximum absolute atomic E-state index is 12.0. The molecule has 0 radical (unpaired) electrons. The first-order chi connectivity index (χ1) is 10.7. The second kappa shape index (κ2) is 6.24. The largest absolute Gasteiger partial charge is 0.359 e. The van der Waals surface area contributed by atoms with E-state index >= 15 is 0 Å². The number of aryl methyl sites for hydroxylation is 2. The molecular formula is C13H13N5O2S2. The van der Waals surface area contributed by atoms with Crippen molar-refractivity contribution in [2.75, 3.05) is 10.6 Å². The van der Waals surface area contributed by atoms with Gasteiger partial charge >= 0.3 is 6.03 Å². The third-order valence-electron chi connectivity index (χ3n) is 2.92. The smallest absolute Gasteiger partial charge is 0.325 e. The maximum atomic E-state index is 12.0. The predicted molar refractivity (Wildman–Crippen MR) is 86.5 cm³/mol. The minimum absolute atomic E-state index is 0.394. The van der Waals surface area contributed by atoms with Gasteiger partial charge in [-0.1, -0.05) is 23.4 Å². The average Bonchev–Trinajstić information content (AvgIpc) is 3.21. The van der Waals surface area contributed by atoms with Crippen molar-refractivity contribution in [3.63, 3.8) is 0 Å². The fourth-order valence-electron chi connectivity index (χ4n) is 1.84. The zero-order valence-electron chi connectivity index (χ0n) is 11.9. The quantitative estimate of drug-likeness (QED) is 0.757. The Balaban J connectivity index is 1.68. The Morgan fingerprint density at radius 3 is 2.95 bits per heavy atom. The molecule has 7 nitrogen and oxygen atoms in total. The normalized spacial score (nSPS) is 10.6. The van der Waals surface area contributed by atoms with E-state index in [0.29, 0.717) is 28.7 Å². The Hall–Kier alpha value is -2.26. The van der Waals surface area contributed by atoms with Gasteiger partial charge in [0, 0.05) is 10.9 Å². The molecule has 0 aliphatic carbocycles. The lowest BCUT2D eigenvalue weighted by Crippen LogP contribution is -2.20. The van der Waals surface area contributed by atoms with Crippen molar-refractivity contribution >= 4 is 39.5 Å². The Morgan fingerprint density at radius 2 is 2.23 bits per heavy atom. The Bertz CT molecular complexity index is 778. The molecular weight excluding hydrogens is 322 g/mol. The highest BCUT2D eigenvalue weighted by atomic mass is 32.1. The first kappa shape index (κ1) is 14.7. The minimum Gasteiger partial charge on any atom is -0.359 e. The van der Waals surface area contributed by atoms with Crippen molar-refractivity contribution in [2.24, 2.45) is 0 Å². The predicted octanol–water partition coefficient (Wildman–Crippen LogP) is 3.77. The van der Waals surface area contributed by atoms with Crippen LogP contribution in [0.2, 0.25) is 0 Å². The molecule has 22 heavy (non-hydrogen) atoms. The fraction of sp³-hybridized carbons (Fsp3) is 0.231. The van der Waals surface area contributed by atoms with Crippen molar-refractivity contribution in [1.29, 1.82) is 0 Å². The third-order valence-corrected chi connectivity index (χ3v) is 4.49. The highest BCUT2D eigenvalue weighted by Crippen LogP contribution is 2.28. The summed E-state index contributed by atoms with van der Waals surface area (Å²) in [6, 6.07) is 1.57.